The van der Waals surface area contributed by atoms with Crippen molar-refractivity contribution in [3.05, 3.63) is 41.2 Å². The standard InChI is InChI=1S/C18H24N4O5S/c1-11-16(12(2)22(6)20-11)19-17(23)13(3)27-18(24)14-8-7-9-15(10-14)28(25,26)21(4)5/h7-10,13H,1-6H3,(H,19,23)/t13-/m0/s1. The lowest BCUT2D eigenvalue weighted by molar-refractivity contribution is -0.123. The molecule has 10 heteroatoms. The lowest BCUT2D eigenvalue weighted by Gasteiger charge is -2.15. The number of amides is 1. The number of ether oxygens (including phenoxy) is 1. The van der Waals surface area contributed by atoms with Crippen molar-refractivity contribution in [2.75, 3.05) is 19.4 Å². The minimum atomic E-state index is -3.69. The van der Waals surface area contributed by atoms with E-state index in [4.69, 9.17) is 4.74 Å². The third kappa shape index (κ3) is 4.39. The van der Waals surface area contributed by atoms with Crippen molar-refractivity contribution in [3.63, 3.8) is 0 Å². The molecule has 0 aliphatic heterocycles. The second kappa shape index (κ2) is 8.11. The van der Waals surface area contributed by atoms with Crippen LogP contribution in [-0.2, 0) is 26.6 Å². The summed E-state index contributed by atoms with van der Waals surface area (Å²) in [5, 5.41) is 6.92. The largest absolute Gasteiger partial charge is 0.449 e. The van der Waals surface area contributed by atoms with E-state index in [-0.39, 0.29) is 10.5 Å². The Morgan fingerprint density at radius 1 is 1.25 bits per heavy atom. The zero-order chi connectivity index (χ0) is 21.2. The molecule has 0 aliphatic rings. The molecular weight excluding hydrogens is 384 g/mol. The van der Waals surface area contributed by atoms with E-state index in [9.17, 15) is 18.0 Å². The zero-order valence-electron chi connectivity index (χ0n) is 16.7. The van der Waals surface area contributed by atoms with Gasteiger partial charge >= 0.3 is 5.97 Å². The quantitative estimate of drug-likeness (QED) is 0.725. The lowest BCUT2D eigenvalue weighted by atomic mass is 10.2. The molecule has 2 aromatic rings. The molecule has 9 nitrogen and oxygen atoms in total. The number of carbonyl (C=O) groups is 2. The molecule has 0 spiro atoms. The second-order valence-corrected chi connectivity index (χ2v) is 8.67. The zero-order valence-corrected chi connectivity index (χ0v) is 17.5. The fourth-order valence-electron chi connectivity index (χ4n) is 2.46. The summed E-state index contributed by atoms with van der Waals surface area (Å²) >= 11 is 0. The summed E-state index contributed by atoms with van der Waals surface area (Å²) in [6.45, 7) is 5.01. The van der Waals surface area contributed by atoms with Crippen molar-refractivity contribution in [2.45, 2.75) is 31.8 Å². The maximum Gasteiger partial charge on any atom is 0.338 e. The van der Waals surface area contributed by atoms with Crippen molar-refractivity contribution in [3.8, 4) is 0 Å². The second-order valence-electron chi connectivity index (χ2n) is 6.52. The molecule has 0 bridgehead atoms. The monoisotopic (exact) mass is 408 g/mol. The Kier molecular flexibility index (Phi) is 6.25. The predicted molar refractivity (Wildman–Crippen MR) is 104 cm³/mol. The van der Waals surface area contributed by atoms with Crippen LogP contribution in [0.2, 0.25) is 0 Å². The molecule has 0 fully saturated rings. The van der Waals surface area contributed by atoms with E-state index in [1.165, 1.54) is 45.3 Å². The number of esters is 1. The molecule has 0 unspecified atom stereocenters. The van der Waals surface area contributed by atoms with Crippen LogP contribution in [0.1, 0.15) is 28.7 Å². The first-order valence-electron chi connectivity index (χ1n) is 8.49. The van der Waals surface area contributed by atoms with Gasteiger partial charge in [-0.1, -0.05) is 6.07 Å². The summed E-state index contributed by atoms with van der Waals surface area (Å²) in [5.41, 5.74) is 2.02. The van der Waals surface area contributed by atoms with E-state index in [1.54, 1.807) is 18.7 Å². The normalized spacial score (nSPS) is 12.7. The van der Waals surface area contributed by atoms with Crippen LogP contribution in [0.5, 0.6) is 0 Å². The molecule has 0 aliphatic carbocycles. The molecule has 0 saturated heterocycles. The van der Waals surface area contributed by atoms with Crippen LogP contribution in [0.25, 0.3) is 0 Å². The maximum atomic E-state index is 12.4. The van der Waals surface area contributed by atoms with Gasteiger partial charge in [0.2, 0.25) is 10.0 Å². The molecule has 1 aromatic carbocycles. The van der Waals surface area contributed by atoms with Gasteiger partial charge in [-0.05, 0) is 39.0 Å². The van der Waals surface area contributed by atoms with Gasteiger partial charge in [-0.2, -0.15) is 5.10 Å². The van der Waals surface area contributed by atoms with E-state index in [0.29, 0.717) is 11.4 Å². The Morgan fingerprint density at radius 3 is 2.43 bits per heavy atom. The first kappa shape index (κ1) is 21.6. The molecule has 1 aromatic heterocycles. The SMILES string of the molecule is Cc1nn(C)c(C)c1NC(=O)[C@H](C)OC(=O)c1cccc(S(=O)(=O)N(C)C)c1. The van der Waals surface area contributed by atoms with Crippen LogP contribution in [0, 0.1) is 13.8 Å². The Hall–Kier alpha value is -2.72. The third-order valence-corrected chi connectivity index (χ3v) is 6.07. The number of aryl methyl sites for hydroxylation is 2. The van der Waals surface area contributed by atoms with E-state index < -0.39 is 28.0 Å². The molecule has 28 heavy (non-hydrogen) atoms. The minimum absolute atomic E-state index is 0.0364. The molecule has 0 radical (unpaired) electrons. The highest BCUT2D eigenvalue weighted by atomic mass is 32.2. The molecule has 1 N–H and O–H groups in total. The summed E-state index contributed by atoms with van der Waals surface area (Å²) in [4.78, 5) is 24.7. The molecular formula is C18H24N4O5S. The third-order valence-electron chi connectivity index (χ3n) is 4.26. The van der Waals surface area contributed by atoms with E-state index in [2.05, 4.69) is 10.4 Å². The van der Waals surface area contributed by atoms with Crippen molar-refractivity contribution in [1.82, 2.24) is 14.1 Å². The molecule has 2 rings (SSSR count). The van der Waals surface area contributed by atoms with Gasteiger partial charge in [-0.15, -0.1) is 0 Å². The Labute approximate surface area is 164 Å². The number of hydrogen-bond acceptors (Lipinski definition) is 6. The van der Waals surface area contributed by atoms with E-state index in [0.717, 1.165) is 10.00 Å². The summed E-state index contributed by atoms with van der Waals surface area (Å²) in [6.07, 6.45) is -1.08. The predicted octanol–water partition coefficient (Wildman–Crippen LogP) is 1.47. The van der Waals surface area contributed by atoms with Crippen molar-refractivity contribution >= 4 is 27.6 Å². The minimum Gasteiger partial charge on any atom is -0.449 e. The van der Waals surface area contributed by atoms with Crippen LogP contribution in [-0.4, -0.2) is 54.6 Å². The van der Waals surface area contributed by atoms with Gasteiger partial charge < -0.3 is 10.1 Å². The number of hydrogen-bond donors (Lipinski definition) is 1. The van der Waals surface area contributed by atoms with Crippen LogP contribution < -0.4 is 5.32 Å². The van der Waals surface area contributed by atoms with E-state index >= 15 is 0 Å². The number of nitrogens with one attached hydrogen (secondary N) is 1. The van der Waals surface area contributed by atoms with Gasteiger partial charge in [0.25, 0.3) is 5.91 Å². The van der Waals surface area contributed by atoms with E-state index in [1.807, 2.05) is 6.92 Å². The molecule has 1 heterocycles. The topological polar surface area (TPSA) is 111 Å². The molecule has 152 valence electrons. The lowest BCUT2D eigenvalue weighted by Crippen LogP contribution is -2.30. The molecule has 1 atom stereocenters. The van der Waals surface area contributed by atoms with Gasteiger partial charge in [-0.3, -0.25) is 9.48 Å². The van der Waals surface area contributed by atoms with Crippen molar-refractivity contribution in [2.24, 2.45) is 7.05 Å². The Balaban J connectivity index is 2.13. The van der Waals surface area contributed by atoms with Gasteiger partial charge in [-0.25, -0.2) is 17.5 Å². The average Bonchev–Trinajstić information content (AvgIpc) is 2.87. The highest BCUT2D eigenvalue weighted by molar-refractivity contribution is 7.89. The average molecular weight is 408 g/mol. The molecule has 1 amide bonds. The highest BCUT2D eigenvalue weighted by Gasteiger charge is 2.23. The highest BCUT2D eigenvalue weighted by Crippen LogP contribution is 2.19. The van der Waals surface area contributed by atoms with Gasteiger partial charge in [0, 0.05) is 21.1 Å². The van der Waals surface area contributed by atoms with Crippen LogP contribution in [0.15, 0.2) is 29.2 Å². The van der Waals surface area contributed by atoms with Crippen molar-refractivity contribution < 1.29 is 22.7 Å². The summed E-state index contributed by atoms with van der Waals surface area (Å²) in [7, 11) is 0.867. The van der Waals surface area contributed by atoms with Crippen LogP contribution >= 0.6 is 0 Å². The summed E-state index contributed by atoms with van der Waals surface area (Å²) < 4.78 is 32.3. The number of sulfonamides is 1. The first-order valence-corrected chi connectivity index (χ1v) is 9.93. The fraction of sp³-hybridized carbons (Fsp3) is 0.389. The number of rotatable bonds is 6. The summed E-state index contributed by atoms with van der Waals surface area (Å²) in [5.74, 6) is -1.30. The van der Waals surface area contributed by atoms with Crippen LogP contribution in [0.4, 0.5) is 5.69 Å². The number of nitrogens with zero attached hydrogens (tertiary/aromatic N) is 3. The smallest absolute Gasteiger partial charge is 0.338 e. The number of aromatic nitrogens is 2. The fourth-order valence-corrected chi connectivity index (χ4v) is 3.40. The summed E-state index contributed by atoms with van der Waals surface area (Å²) in [6, 6.07) is 5.48. The number of carbonyl (C=O) groups excluding carboxylic acids is 2. The molecule has 0 saturated carbocycles. The van der Waals surface area contributed by atoms with Gasteiger partial charge in [0.05, 0.1) is 27.5 Å². The number of anilines is 1. The van der Waals surface area contributed by atoms with Gasteiger partial charge in [0.15, 0.2) is 6.10 Å². The van der Waals surface area contributed by atoms with Crippen LogP contribution in [0.3, 0.4) is 0 Å². The van der Waals surface area contributed by atoms with Crippen molar-refractivity contribution in [1.29, 1.82) is 0 Å². The Morgan fingerprint density at radius 2 is 1.89 bits per heavy atom. The first-order chi connectivity index (χ1) is 12.9. The van der Waals surface area contributed by atoms with Gasteiger partial charge in [0.1, 0.15) is 0 Å². The number of benzene rings is 1. The maximum absolute atomic E-state index is 12.4. The Bertz CT molecular complexity index is 1010.